The maximum atomic E-state index is 11.8. The van der Waals surface area contributed by atoms with E-state index in [1.54, 1.807) is 6.07 Å². The number of amides is 1. The van der Waals surface area contributed by atoms with Gasteiger partial charge in [0.1, 0.15) is 10.6 Å². The van der Waals surface area contributed by atoms with Crippen molar-refractivity contribution in [1.29, 1.82) is 0 Å². The summed E-state index contributed by atoms with van der Waals surface area (Å²) in [6, 6.07) is 4.34. The number of benzene rings is 1. The molecule has 1 aromatic carbocycles. The molecule has 0 bridgehead atoms. The van der Waals surface area contributed by atoms with Gasteiger partial charge >= 0.3 is 0 Å². The Balaban J connectivity index is 2.25. The van der Waals surface area contributed by atoms with E-state index >= 15 is 0 Å². The molecule has 0 radical (unpaired) electrons. The lowest BCUT2D eigenvalue weighted by Gasteiger charge is -2.09. The fourth-order valence-corrected chi connectivity index (χ4v) is 2.89. The summed E-state index contributed by atoms with van der Waals surface area (Å²) < 4.78 is 27.8. The molecule has 2 atom stereocenters. The number of anilines is 1. The van der Waals surface area contributed by atoms with E-state index in [1.807, 2.05) is 6.92 Å². The van der Waals surface area contributed by atoms with E-state index in [-0.39, 0.29) is 22.5 Å². The highest BCUT2D eigenvalue weighted by atomic mass is 35.7. The number of carbonyl (C=O) groups is 1. The molecule has 1 N–H and O–H groups in total. The van der Waals surface area contributed by atoms with Crippen molar-refractivity contribution in [3.8, 4) is 5.75 Å². The van der Waals surface area contributed by atoms with Crippen LogP contribution >= 0.6 is 10.7 Å². The molecule has 1 aliphatic rings. The standard InChI is InChI=1S/C12H14ClNO4S/c1-7-5-9(7)12(15)14-8-3-4-10(18-2)11(6-8)19(13,16)17/h3-4,6-7,9H,5H2,1-2H3,(H,14,15). The van der Waals surface area contributed by atoms with Gasteiger partial charge in [-0.2, -0.15) is 0 Å². The summed E-state index contributed by atoms with van der Waals surface area (Å²) in [5.74, 6) is 0.441. The molecule has 104 valence electrons. The number of hydrogen-bond donors (Lipinski definition) is 1. The second kappa shape index (κ2) is 5.02. The third-order valence-corrected chi connectivity index (χ3v) is 4.48. The first-order valence-corrected chi connectivity index (χ1v) is 8.07. The molecule has 1 saturated carbocycles. The lowest BCUT2D eigenvalue weighted by molar-refractivity contribution is -0.117. The normalized spacial score (nSPS) is 21.8. The van der Waals surface area contributed by atoms with Crippen molar-refractivity contribution >= 4 is 31.3 Å². The van der Waals surface area contributed by atoms with Crippen molar-refractivity contribution in [2.24, 2.45) is 11.8 Å². The van der Waals surface area contributed by atoms with Gasteiger partial charge in [0.15, 0.2) is 0 Å². The van der Waals surface area contributed by atoms with Gasteiger partial charge in [0, 0.05) is 22.3 Å². The van der Waals surface area contributed by atoms with Crippen LogP contribution < -0.4 is 10.1 Å². The highest BCUT2D eigenvalue weighted by Gasteiger charge is 2.39. The van der Waals surface area contributed by atoms with Crippen LogP contribution in [0, 0.1) is 11.8 Å². The van der Waals surface area contributed by atoms with Crippen LogP contribution in [0.15, 0.2) is 23.1 Å². The number of ether oxygens (including phenoxy) is 1. The zero-order valence-corrected chi connectivity index (χ0v) is 12.1. The molecular weight excluding hydrogens is 290 g/mol. The molecule has 0 saturated heterocycles. The van der Waals surface area contributed by atoms with E-state index in [0.717, 1.165) is 6.42 Å². The quantitative estimate of drug-likeness (QED) is 0.866. The van der Waals surface area contributed by atoms with Crippen LogP contribution in [0.2, 0.25) is 0 Å². The van der Waals surface area contributed by atoms with Gasteiger partial charge in [-0.15, -0.1) is 0 Å². The van der Waals surface area contributed by atoms with Gasteiger partial charge in [-0.25, -0.2) is 8.42 Å². The summed E-state index contributed by atoms with van der Waals surface area (Å²) in [7, 11) is 2.76. The van der Waals surface area contributed by atoms with E-state index in [9.17, 15) is 13.2 Å². The summed E-state index contributed by atoms with van der Waals surface area (Å²) in [5.41, 5.74) is 0.393. The Morgan fingerprint density at radius 2 is 2.11 bits per heavy atom. The minimum Gasteiger partial charge on any atom is -0.495 e. The molecular formula is C12H14ClNO4S. The first-order chi connectivity index (χ1) is 8.82. The van der Waals surface area contributed by atoms with Gasteiger partial charge in [-0.1, -0.05) is 6.92 Å². The first kappa shape index (κ1) is 14.1. The maximum Gasteiger partial charge on any atom is 0.265 e. The fourth-order valence-electron chi connectivity index (χ4n) is 1.87. The molecule has 1 aliphatic carbocycles. The first-order valence-electron chi connectivity index (χ1n) is 5.76. The van der Waals surface area contributed by atoms with Crippen LogP contribution in [0.1, 0.15) is 13.3 Å². The highest BCUT2D eigenvalue weighted by molar-refractivity contribution is 8.13. The van der Waals surface area contributed by atoms with E-state index in [0.29, 0.717) is 11.6 Å². The Morgan fingerprint density at radius 3 is 2.58 bits per heavy atom. The summed E-state index contributed by atoms with van der Waals surface area (Å²) >= 11 is 0. The van der Waals surface area contributed by atoms with E-state index < -0.39 is 9.05 Å². The predicted molar refractivity (Wildman–Crippen MR) is 71.9 cm³/mol. The Hall–Kier alpha value is -1.27. The topological polar surface area (TPSA) is 72.5 Å². The monoisotopic (exact) mass is 303 g/mol. The summed E-state index contributed by atoms with van der Waals surface area (Å²) in [5, 5.41) is 2.68. The van der Waals surface area contributed by atoms with Crippen molar-refractivity contribution in [3.05, 3.63) is 18.2 Å². The van der Waals surface area contributed by atoms with E-state index in [2.05, 4.69) is 5.32 Å². The van der Waals surface area contributed by atoms with Crippen LogP contribution in [-0.4, -0.2) is 21.4 Å². The number of hydrogen-bond acceptors (Lipinski definition) is 4. The zero-order valence-electron chi connectivity index (χ0n) is 10.5. The highest BCUT2D eigenvalue weighted by Crippen LogP contribution is 2.39. The smallest absolute Gasteiger partial charge is 0.265 e. The number of rotatable bonds is 4. The lowest BCUT2D eigenvalue weighted by Crippen LogP contribution is -2.14. The number of methoxy groups -OCH3 is 1. The fraction of sp³-hybridized carbons (Fsp3) is 0.417. The Labute approximate surface area is 116 Å². The average molecular weight is 304 g/mol. The summed E-state index contributed by atoms with van der Waals surface area (Å²) in [6.45, 7) is 1.99. The molecule has 7 heteroatoms. The van der Waals surface area contributed by atoms with Crippen LogP contribution in [-0.2, 0) is 13.8 Å². The molecule has 0 aliphatic heterocycles. The maximum absolute atomic E-state index is 11.8. The van der Waals surface area contributed by atoms with Crippen molar-refractivity contribution in [2.45, 2.75) is 18.2 Å². The molecule has 1 aromatic rings. The van der Waals surface area contributed by atoms with Gasteiger partial charge in [-0.3, -0.25) is 4.79 Å². The molecule has 0 heterocycles. The molecule has 2 unspecified atom stereocenters. The predicted octanol–water partition coefficient (Wildman–Crippen LogP) is 2.22. The van der Waals surface area contributed by atoms with Crippen molar-refractivity contribution in [2.75, 3.05) is 12.4 Å². The van der Waals surface area contributed by atoms with Gasteiger partial charge in [0.2, 0.25) is 5.91 Å². The lowest BCUT2D eigenvalue weighted by atomic mass is 10.2. The van der Waals surface area contributed by atoms with Crippen LogP contribution in [0.25, 0.3) is 0 Å². The number of nitrogens with one attached hydrogen (secondary N) is 1. The summed E-state index contributed by atoms with van der Waals surface area (Å²) in [6.07, 6.45) is 0.864. The summed E-state index contributed by atoms with van der Waals surface area (Å²) in [4.78, 5) is 11.6. The van der Waals surface area contributed by atoms with Gasteiger partial charge in [0.25, 0.3) is 9.05 Å². The van der Waals surface area contributed by atoms with Gasteiger partial charge in [-0.05, 0) is 30.5 Å². The van der Waals surface area contributed by atoms with Crippen LogP contribution in [0.4, 0.5) is 5.69 Å². The third-order valence-electron chi connectivity index (χ3n) is 3.14. The number of carbonyl (C=O) groups excluding carboxylic acids is 1. The molecule has 19 heavy (non-hydrogen) atoms. The van der Waals surface area contributed by atoms with Gasteiger partial charge < -0.3 is 10.1 Å². The SMILES string of the molecule is COc1ccc(NC(=O)C2CC2C)cc1S(=O)(=O)Cl. The molecule has 1 fully saturated rings. The number of halogens is 1. The van der Waals surface area contributed by atoms with Crippen LogP contribution in [0.3, 0.4) is 0 Å². The second-order valence-corrected chi connectivity index (χ2v) is 7.15. The Bertz CT molecular complexity index is 614. The Morgan fingerprint density at radius 1 is 1.47 bits per heavy atom. The van der Waals surface area contributed by atoms with Crippen LogP contribution in [0.5, 0.6) is 5.75 Å². The van der Waals surface area contributed by atoms with Crippen molar-refractivity contribution < 1.29 is 17.9 Å². The largest absolute Gasteiger partial charge is 0.495 e. The van der Waals surface area contributed by atoms with Crippen molar-refractivity contribution in [1.82, 2.24) is 0 Å². The second-order valence-electron chi connectivity index (χ2n) is 4.61. The minimum absolute atomic E-state index is 0.0122. The molecule has 0 aromatic heterocycles. The van der Waals surface area contributed by atoms with E-state index in [1.165, 1.54) is 19.2 Å². The molecule has 1 amide bonds. The molecule has 0 spiro atoms. The third kappa shape index (κ3) is 3.19. The molecule has 2 rings (SSSR count). The van der Waals surface area contributed by atoms with Gasteiger partial charge in [0.05, 0.1) is 7.11 Å². The van der Waals surface area contributed by atoms with Crippen molar-refractivity contribution in [3.63, 3.8) is 0 Å². The zero-order chi connectivity index (χ0) is 14.2. The average Bonchev–Trinajstić information content (AvgIpc) is 3.05. The Kier molecular flexibility index (Phi) is 3.73. The van der Waals surface area contributed by atoms with E-state index in [4.69, 9.17) is 15.4 Å². The molecule has 5 nitrogen and oxygen atoms in total. The minimum atomic E-state index is -3.92.